The van der Waals surface area contributed by atoms with Gasteiger partial charge in [0, 0.05) is 0 Å². The van der Waals surface area contributed by atoms with E-state index >= 15 is 0 Å². The van der Waals surface area contributed by atoms with Crippen LogP contribution in [0.5, 0.6) is 23.0 Å². The van der Waals surface area contributed by atoms with Crippen LogP contribution in [0.15, 0.2) is 97.1 Å². The Balaban J connectivity index is 0.000000193. The molecule has 0 aliphatic carbocycles. The van der Waals surface area contributed by atoms with Crippen molar-refractivity contribution in [3.8, 4) is 23.0 Å². The summed E-state index contributed by atoms with van der Waals surface area (Å²) in [6.07, 6.45) is -0.0408. The summed E-state index contributed by atoms with van der Waals surface area (Å²) >= 11 is 0. The number of benzene rings is 4. The van der Waals surface area contributed by atoms with Crippen LogP contribution >= 0.6 is 0 Å². The number of aromatic carboxylic acids is 2. The Hall–Kier alpha value is -5.72. The zero-order chi connectivity index (χ0) is 32.5. The lowest BCUT2D eigenvalue weighted by atomic mass is 10.2. The summed E-state index contributed by atoms with van der Waals surface area (Å²) in [6, 6.07) is 25.5. The molecule has 2 N–H and O–H groups in total. The highest BCUT2D eigenvalue weighted by atomic mass is 16.6. The highest BCUT2D eigenvalue weighted by molar-refractivity contribution is 5.95. The molecule has 2 atom stereocenters. The number of epoxide rings is 2. The number of ether oxygens (including phenoxy) is 6. The van der Waals surface area contributed by atoms with Crippen molar-refractivity contribution in [2.75, 3.05) is 26.4 Å². The molecule has 2 saturated heterocycles. The molecule has 0 saturated carbocycles. The number of carboxylic acid groups (broad SMARTS) is 2. The number of esters is 2. The fraction of sp³-hybridized carbons (Fsp3) is 0.176. The maximum absolute atomic E-state index is 12.3. The number of para-hydroxylation sites is 4. The zero-order valence-electron chi connectivity index (χ0n) is 24.2. The third kappa shape index (κ3) is 8.68. The number of hydrogen-bond acceptors (Lipinski definition) is 10. The molecule has 46 heavy (non-hydrogen) atoms. The lowest BCUT2D eigenvalue weighted by Gasteiger charge is -2.13. The van der Waals surface area contributed by atoms with E-state index in [1.54, 1.807) is 72.8 Å². The van der Waals surface area contributed by atoms with Gasteiger partial charge in [-0.15, -0.1) is 0 Å². The molecule has 0 bridgehead atoms. The van der Waals surface area contributed by atoms with Gasteiger partial charge in [0.1, 0.15) is 70.7 Å². The van der Waals surface area contributed by atoms with E-state index in [1.165, 1.54) is 24.3 Å². The topological polar surface area (TPSA) is 171 Å². The molecule has 2 aliphatic rings. The fourth-order valence-electron chi connectivity index (χ4n) is 3.97. The van der Waals surface area contributed by atoms with Gasteiger partial charge < -0.3 is 38.6 Å². The molecule has 12 nitrogen and oxygen atoms in total. The van der Waals surface area contributed by atoms with Crippen molar-refractivity contribution in [1.82, 2.24) is 0 Å². The van der Waals surface area contributed by atoms with Gasteiger partial charge in [-0.2, -0.15) is 0 Å². The van der Waals surface area contributed by atoms with E-state index < -0.39 is 23.9 Å². The van der Waals surface area contributed by atoms with Gasteiger partial charge >= 0.3 is 23.9 Å². The highest BCUT2D eigenvalue weighted by Gasteiger charge is 2.27. The second-order valence-electron chi connectivity index (χ2n) is 9.91. The normalized spacial score (nSPS) is 15.7. The Morgan fingerprint density at radius 3 is 1.11 bits per heavy atom. The average Bonchev–Trinajstić information content (AvgIpc) is 4.00. The van der Waals surface area contributed by atoms with Gasteiger partial charge in [-0.3, -0.25) is 0 Å². The number of carbonyl (C=O) groups excluding carboxylic acids is 2. The minimum absolute atomic E-state index is 0.0204. The second-order valence-corrected chi connectivity index (χ2v) is 9.91. The maximum Gasteiger partial charge on any atom is 0.342 e. The van der Waals surface area contributed by atoms with Crippen LogP contribution in [0.3, 0.4) is 0 Å². The first-order valence-corrected chi connectivity index (χ1v) is 14.1. The first kappa shape index (κ1) is 31.7. The van der Waals surface area contributed by atoms with E-state index in [0.717, 1.165) is 0 Å². The van der Waals surface area contributed by atoms with Crippen molar-refractivity contribution >= 4 is 23.9 Å². The van der Waals surface area contributed by atoms with E-state index in [1.807, 2.05) is 0 Å². The average molecular weight is 629 g/mol. The largest absolute Gasteiger partial charge is 0.478 e. The molecule has 0 aromatic heterocycles. The Morgan fingerprint density at radius 2 is 0.804 bits per heavy atom. The molecule has 2 aliphatic heterocycles. The lowest BCUT2D eigenvalue weighted by Crippen LogP contribution is -2.12. The Bertz CT molecular complexity index is 1600. The van der Waals surface area contributed by atoms with Crippen LogP contribution in [0.1, 0.15) is 41.4 Å². The van der Waals surface area contributed by atoms with E-state index in [9.17, 15) is 19.2 Å². The number of hydrogen-bond donors (Lipinski definition) is 2. The molecule has 4 aromatic carbocycles. The standard InChI is InChI=1S/C20H18O7.C14H10O5/c21-19(25-11-13-9-23-13)15-5-1-3-7-17(15)27-18-8-4-2-6-16(18)20(22)26-12-14-10-24-14;15-13(16)9-5-1-3-7-11(9)19-12-8-4-2-6-10(12)14(17)18/h1-8,13-14H,9-12H2;1-8H,(H,15,16)(H,17,18). The molecule has 12 heteroatoms. The van der Waals surface area contributed by atoms with Crippen molar-refractivity contribution in [2.45, 2.75) is 12.2 Å². The van der Waals surface area contributed by atoms with Crippen LogP contribution in [0.2, 0.25) is 0 Å². The summed E-state index contributed by atoms with van der Waals surface area (Å²) in [5.74, 6) is -2.49. The predicted molar refractivity (Wildman–Crippen MR) is 160 cm³/mol. The molecular formula is C34H28O12. The number of rotatable bonds is 12. The molecule has 6 rings (SSSR count). The number of carbonyl (C=O) groups is 4. The van der Waals surface area contributed by atoms with Crippen molar-refractivity contribution in [1.29, 1.82) is 0 Å². The highest BCUT2D eigenvalue weighted by Crippen LogP contribution is 2.30. The summed E-state index contributed by atoms with van der Waals surface area (Å²) in [4.78, 5) is 46.7. The van der Waals surface area contributed by atoms with Gasteiger partial charge in [0.25, 0.3) is 0 Å². The van der Waals surface area contributed by atoms with Crippen LogP contribution in [-0.4, -0.2) is 72.7 Å². The molecule has 0 radical (unpaired) electrons. The van der Waals surface area contributed by atoms with E-state index in [2.05, 4.69) is 0 Å². The van der Waals surface area contributed by atoms with Gasteiger partial charge in [0.2, 0.25) is 0 Å². The molecule has 2 unspecified atom stereocenters. The second kappa shape index (κ2) is 14.8. The van der Waals surface area contributed by atoms with Crippen molar-refractivity contribution < 1.29 is 57.8 Å². The van der Waals surface area contributed by atoms with E-state index in [4.69, 9.17) is 38.6 Å². The van der Waals surface area contributed by atoms with Crippen LogP contribution in [0.25, 0.3) is 0 Å². The summed E-state index contributed by atoms with van der Waals surface area (Å²) < 4.78 is 31.8. The smallest absolute Gasteiger partial charge is 0.342 e. The van der Waals surface area contributed by atoms with Crippen LogP contribution < -0.4 is 9.47 Å². The van der Waals surface area contributed by atoms with Crippen LogP contribution in [-0.2, 0) is 18.9 Å². The molecule has 0 spiro atoms. The Kier molecular flexibility index (Phi) is 10.2. The summed E-state index contributed by atoms with van der Waals surface area (Å²) in [6.45, 7) is 1.62. The Morgan fingerprint density at radius 1 is 0.522 bits per heavy atom. The van der Waals surface area contributed by atoms with Crippen LogP contribution in [0, 0.1) is 0 Å². The zero-order valence-corrected chi connectivity index (χ0v) is 24.2. The van der Waals surface area contributed by atoms with Crippen LogP contribution in [0.4, 0.5) is 0 Å². The van der Waals surface area contributed by atoms with Gasteiger partial charge in [0.05, 0.1) is 13.2 Å². The minimum atomic E-state index is -1.14. The maximum atomic E-state index is 12.3. The van der Waals surface area contributed by atoms with Crippen molar-refractivity contribution in [2.24, 2.45) is 0 Å². The van der Waals surface area contributed by atoms with Gasteiger partial charge in [-0.25, -0.2) is 19.2 Å². The molecule has 2 heterocycles. The first-order valence-electron chi connectivity index (χ1n) is 14.1. The molecule has 0 amide bonds. The summed E-state index contributed by atoms with van der Waals surface area (Å²) in [5.41, 5.74) is 0.491. The van der Waals surface area contributed by atoms with Gasteiger partial charge in [-0.05, 0) is 48.5 Å². The number of carboxylic acids is 2. The predicted octanol–water partition coefficient (Wildman–Crippen LogP) is 5.47. The van der Waals surface area contributed by atoms with Gasteiger partial charge in [0.15, 0.2) is 0 Å². The first-order chi connectivity index (χ1) is 22.3. The monoisotopic (exact) mass is 628 g/mol. The van der Waals surface area contributed by atoms with Crippen molar-refractivity contribution in [3.63, 3.8) is 0 Å². The van der Waals surface area contributed by atoms with E-state index in [0.29, 0.717) is 24.7 Å². The minimum Gasteiger partial charge on any atom is -0.478 e. The fourth-order valence-corrected chi connectivity index (χ4v) is 3.97. The third-order valence-electron chi connectivity index (χ3n) is 6.49. The quantitative estimate of drug-likeness (QED) is 0.150. The molecule has 4 aromatic rings. The lowest BCUT2D eigenvalue weighted by molar-refractivity contribution is 0.0470. The molecule has 2 fully saturated rings. The SMILES string of the molecule is O=C(O)c1ccccc1Oc1ccccc1C(=O)O.O=C(OCC1CO1)c1ccccc1Oc1ccccc1C(=O)OCC1CO1. The summed E-state index contributed by atoms with van der Waals surface area (Å²) in [7, 11) is 0. The van der Waals surface area contributed by atoms with Crippen molar-refractivity contribution in [3.05, 3.63) is 119 Å². The van der Waals surface area contributed by atoms with Gasteiger partial charge in [-0.1, -0.05) is 48.5 Å². The third-order valence-corrected chi connectivity index (χ3v) is 6.49. The molecule has 236 valence electrons. The Labute approximate surface area is 262 Å². The summed E-state index contributed by atoms with van der Waals surface area (Å²) in [5, 5.41) is 18.1. The van der Waals surface area contributed by atoms with E-state index in [-0.39, 0.29) is 59.2 Å². The molecular weight excluding hydrogens is 600 g/mol.